The highest BCUT2D eigenvalue weighted by molar-refractivity contribution is 4.86. The van der Waals surface area contributed by atoms with Crippen molar-refractivity contribution in [1.82, 2.24) is 4.90 Å². The summed E-state index contributed by atoms with van der Waals surface area (Å²) in [6, 6.07) is 0. The van der Waals surface area contributed by atoms with E-state index in [9.17, 15) is 5.11 Å². The second-order valence-electron chi connectivity index (χ2n) is 5.83. The molecule has 0 saturated carbocycles. The molecule has 0 aromatic heterocycles. The Labute approximate surface area is 93.4 Å². The van der Waals surface area contributed by atoms with Gasteiger partial charge in [0.15, 0.2) is 0 Å². The van der Waals surface area contributed by atoms with E-state index >= 15 is 0 Å². The molecule has 0 aromatic carbocycles. The number of ether oxygens (including phenoxy) is 1. The molecule has 1 atom stereocenters. The summed E-state index contributed by atoms with van der Waals surface area (Å²) in [5, 5.41) is 10.2. The number of rotatable bonds is 3. The van der Waals surface area contributed by atoms with Gasteiger partial charge >= 0.3 is 0 Å². The van der Waals surface area contributed by atoms with E-state index in [2.05, 4.69) is 32.6 Å². The number of β-amino-alcohol motifs (C(OH)–C–C–N with tert-alkyl or cyclic N) is 1. The Morgan fingerprint density at radius 1 is 1.47 bits per heavy atom. The van der Waals surface area contributed by atoms with Gasteiger partial charge < -0.3 is 9.84 Å². The van der Waals surface area contributed by atoms with Gasteiger partial charge in [-0.2, -0.15) is 0 Å². The summed E-state index contributed by atoms with van der Waals surface area (Å²) >= 11 is 0. The van der Waals surface area contributed by atoms with Crippen LogP contribution in [0.25, 0.3) is 0 Å². The molecule has 1 aliphatic rings. The maximum Gasteiger partial charge on any atom is 0.0768 e. The molecule has 0 aliphatic carbocycles. The number of morpholine rings is 1. The van der Waals surface area contributed by atoms with Crippen LogP contribution in [0.2, 0.25) is 0 Å². The predicted molar refractivity (Wildman–Crippen MR) is 61.9 cm³/mol. The third-order valence-electron chi connectivity index (χ3n) is 3.29. The first-order valence-corrected chi connectivity index (χ1v) is 5.82. The quantitative estimate of drug-likeness (QED) is 0.774. The lowest BCUT2D eigenvalue weighted by molar-refractivity contribution is -0.110. The summed E-state index contributed by atoms with van der Waals surface area (Å²) in [5.41, 5.74) is -0.682. The van der Waals surface area contributed by atoms with E-state index in [-0.39, 0.29) is 11.5 Å². The zero-order chi connectivity index (χ0) is 11.7. The Morgan fingerprint density at radius 2 is 2.07 bits per heavy atom. The molecular formula is C12H25NO2. The van der Waals surface area contributed by atoms with Gasteiger partial charge in [-0.05, 0) is 26.7 Å². The third-order valence-corrected chi connectivity index (χ3v) is 3.29. The average molecular weight is 215 g/mol. The van der Waals surface area contributed by atoms with Crippen molar-refractivity contribution in [1.29, 1.82) is 0 Å². The zero-order valence-electron chi connectivity index (χ0n) is 10.7. The summed E-state index contributed by atoms with van der Waals surface area (Å²) < 4.78 is 5.65. The van der Waals surface area contributed by atoms with Gasteiger partial charge in [0.25, 0.3) is 0 Å². The Kier molecular flexibility index (Phi) is 3.80. The maximum atomic E-state index is 10.2. The molecule has 0 amide bonds. The van der Waals surface area contributed by atoms with E-state index in [4.69, 9.17) is 4.74 Å². The van der Waals surface area contributed by atoms with Crippen LogP contribution in [0, 0.1) is 5.92 Å². The van der Waals surface area contributed by atoms with Crippen molar-refractivity contribution >= 4 is 0 Å². The van der Waals surface area contributed by atoms with Gasteiger partial charge in [0.2, 0.25) is 0 Å². The molecule has 90 valence electrons. The molecule has 1 N–H and O–H groups in total. The van der Waals surface area contributed by atoms with Gasteiger partial charge in [0.05, 0.1) is 17.8 Å². The number of hydrogen-bond acceptors (Lipinski definition) is 3. The van der Waals surface area contributed by atoms with Gasteiger partial charge in [-0.15, -0.1) is 0 Å². The van der Waals surface area contributed by atoms with Gasteiger partial charge in [0.1, 0.15) is 0 Å². The fraction of sp³-hybridized carbons (Fsp3) is 1.00. The molecule has 0 radical (unpaired) electrons. The van der Waals surface area contributed by atoms with Crippen molar-refractivity contribution in [3.8, 4) is 0 Å². The molecule has 15 heavy (non-hydrogen) atoms. The molecule has 0 spiro atoms. The first-order valence-electron chi connectivity index (χ1n) is 5.82. The predicted octanol–water partition coefficient (Wildman–Crippen LogP) is 1.50. The van der Waals surface area contributed by atoms with E-state index in [1.165, 1.54) is 0 Å². The molecular weight excluding hydrogens is 190 g/mol. The molecule has 1 fully saturated rings. The van der Waals surface area contributed by atoms with Crippen molar-refractivity contribution in [2.24, 2.45) is 5.92 Å². The van der Waals surface area contributed by atoms with E-state index in [1.54, 1.807) is 0 Å². The maximum absolute atomic E-state index is 10.2. The monoisotopic (exact) mass is 215 g/mol. The second kappa shape index (κ2) is 4.40. The Morgan fingerprint density at radius 3 is 2.53 bits per heavy atom. The van der Waals surface area contributed by atoms with Crippen LogP contribution in [0.15, 0.2) is 0 Å². The third kappa shape index (κ3) is 3.74. The summed E-state index contributed by atoms with van der Waals surface area (Å²) in [6.07, 6.45) is 0. The highest BCUT2D eigenvalue weighted by Gasteiger charge is 2.33. The minimum atomic E-state index is -0.604. The molecule has 0 aromatic rings. The van der Waals surface area contributed by atoms with Gasteiger partial charge in [-0.3, -0.25) is 4.90 Å². The number of aliphatic hydroxyl groups is 1. The van der Waals surface area contributed by atoms with E-state index in [1.807, 2.05) is 6.92 Å². The van der Waals surface area contributed by atoms with Gasteiger partial charge in [-0.25, -0.2) is 0 Å². The van der Waals surface area contributed by atoms with Crippen molar-refractivity contribution in [2.75, 3.05) is 26.2 Å². The molecule has 3 nitrogen and oxygen atoms in total. The summed E-state index contributed by atoms with van der Waals surface area (Å²) in [5.74, 6) is 0.281. The first kappa shape index (κ1) is 12.9. The first-order chi connectivity index (χ1) is 6.73. The highest BCUT2D eigenvalue weighted by atomic mass is 16.5. The van der Waals surface area contributed by atoms with Crippen molar-refractivity contribution < 1.29 is 9.84 Å². The van der Waals surface area contributed by atoms with Crippen molar-refractivity contribution in [2.45, 2.75) is 45.8 Å². The molecule has 1 saturated heterocycles. The van der Waals surface area contributed by atoms with Crippen LogP contribution in [0.5, 0.6) is 0 Å². The van der Waals surface area contributed by atoms with Crippen LogP contribution in [0.1, 0.15) is 34.6 Å². The average Bonchev–Trinajstić information content (AvgIpc) is 2.00. The fourth-order valence-electron chi connectivity index (χ4n) is 1.88. The second-order valence-corrected chi connectivity index (χ2v) is 5.83. The molecule has 1 heterocycles. The Hall–Kier alpha value is -0.120. The Balaban J connectivity index is 2.52. The van der Waals surface area contributed by atoms with Gasteiger partial charge in [-0.1, -0.05) is 13.8 Å². The fourth-order valence-corrected chi connectivity index (χ4v) is 1.88. The van der Waals surface area contributed by atoms with Crippen LogP contribution < -0.4 is 0 Å². The van der Waals surface area contributed by atoms with E-state index in [0.29, 0.717) is 0 Å². The summed E-state index contributed by atoms with van der Waals surface area (Å²) in [6.45, 7) is 13.6. The largest absolute Gasteiger partial charge is 0.389 e. The summed E-state index contributed by atoms with van der Waals surface area (Å²) in [4.78, 5) is 2.30. The minimum Gasteiger partial charge on any atom is -0.389 e. The van der Waals surface area contributed by atoms with Gasteiger partial charge in [0, 0.05) is 19.6 Å². The molecule has 1 rings (SSSR count). The molecule has 0 bridgehead atoms. The number of nitrogens with zero attached hydrogens (tertiary/aromatic N) is 1. The minimum absolute atomic E-state index is 0.0781. The molecule has 1 aliphatic heterocycles. The van der Waals surface area contributed by atoms with E-state index < -0.39 is 5.60 Å². The lowest BCUT2D eigenvalue weighted by Gasteiger charge is -2.42. The lowest BCUT2D eigenvalue weighted by Crippen LogP contribution is -2.54. The molecule has 1 unspecified atom stereocenters. The van der Waals surface area contributed by atoms with Crippen LogP contribution in [-0.2, 0) is 4.74 Å². The lowest BCUT2D eigenvalue weighted by atomic mass is 9.91. The van der Waals surface area contributed by atoms with E-state index in [0.717, 1.165) is 26.2 Å². The van der Waals surface area contributed by atoms with Crippen LogP contribution >= 0.6 is 0 Å². The van der Waals surface area contributed by atoms with Crippen molar-refractivity contribution in [3.05, 3.63) is 0 Å². The van der Waals surface area contributed by atoms with Crippen LogP contribution in [0.4, 0.5) is 0 Å². The standard InChI is InChI=1S/C12H25NO2/c1-10(2)12(5,14)9-13-6-7-15-11(3,4)8-13/h10,14H,6-9H2,1-5H3. The topological polar surface area (TPSA) is 32.7 Å². The van der Waals surface area contributed by atoms with Crippen LogP contribution in [-0.4, -0.2) is 47.4 Å². The number of hydrogen-bond donors (Lipinski definition) is 1. The van der Waals surface area contributed by atoms with Crippen molar-refractivity contribution in [3.63, 3.8) is 0 Å². The zero-order valence-corrected chi connectivity index (χ0v) is 10.7. The summed E-state index contributed by atoms with van der Waals surface area (Å²) in [7, 11) is 0. The molecule has 3 heteroatoms. The normalized spacial score (nSPS) is 26.6. The smallest absolute Gasteiger partial charge is 0.0768 e. The highest BCUT2D eigenvalue weighted by Crippen LogP contribution is 2.22. The Bertz CT molecular complexity index is 212. The SMILES string of the molecule is CC(C)C(C)(O)CN1CCOC(C)(C)C1. The van der Waals surface area contributed by atoms with Crippen LogP contribution in [0.3, 0.4) is 0 Å².